The van der Waals surface area contributed by atoms with Gasteiger partial charge in [-0.1, -0.05) is 12.1 Å². The Morgan fingerprint density at radius 1 is 1.10 bits per heavy atom. The molecule has 3 aromatic rings. The van der Waals surface area contributed by atoms with E-state index in [1.165, 1.54) is 6.92 Å². The van der Waals surface area contributed by atoms with E-state index in [-0.39, 0.29) is 17.9 Å². The van der Waals surface area contributed by atoms with Crippen molar-refractivity contribution in [2.75, 3.05) is 5.32 Å². The van der Waals surface area contributed by atoms with E-state index < -0.39 is 0 Å². The van der Waals surface area contributed by atoms with E-state index in [9.17, 15) is 9.59 Å². The highest BCUT2D eigenvalue weighted by Crippen LogP contribution is 2.23. The summed E-state index contributed by atoms with van der Waals surface area (Å²) < 4.78 is 2.83. The van der Waals surface area contributed by atoms with E-state index >= 15 is 0 Å². The number of carbonyl (C=O) groups is 2. The molecule has 0 bridgehead atoms. The van der Waals surface area contributed by atoms with E-state index in [4.69, 9.17) is 0 Å². The summed E-state index contributed by atoms with van der Waals surface area (Å²) in [6.45, 7) is 7.30. The molecule has 0 aliphatic heterocycles. The number of nitrogens with one attached hydrogen (secondary N) is 2. The van der Waals surface area contributed by atoms with Crippen molar-refractivity contribution in [2.24, 2.45) is 0 Å². The standard InChI is InChI=1S/C22H23BrN4O2/c1-13(18-6-5-7-19(12-18)25-16(4)28)24-22(29)17-8-10-20(11-9-17)27-15(3)21(23)14(2)26-27/h5-13H,1-4H3,(H,24,29)(H,25,28). The number of halogens is 1. The van der Waals surface area contributed by atoms with Crippen molar-refractivity contribution in [3.63, 3.8) is 0 Å². The topological polar surface area (TPSA) is 76.0 Å². The molecule has 0 saturated heterocycles. The van der Waals surface area contributed by atoms with Gasteiger partial charge in [-0.2, -0.15) is 5.10 Å². The zero-order valence-electron chi connectivity index (χ0n) is 16.8. The van der Waals surface area contributed by atoms with Gasteiger partial charge in [-0.05, 0) is 78.7 Å². The zero-order chi connectivity index (χ0) is 21.1. The first-order chi connectivity index (χ1) is 13.8. The summed E-state index contributed by atoms with van der Waals surface area (Å²) in [5, 5.41) is 10.3. The Labute approximate surface area is 178 Å². The van der Waals surface area contributed by atoms with Crippen LogP contribution in [0.25, 0.3) is 5.69 Å². The third-order valence-electron chi connectivity index (χ3n) is 4.63. The van der Waals surface area contributed by atoms with Gasteiger partial charge >= 0.3 is 0 Å². The normalized spacial score (nSPS) is 11.8. The van der Waals surface area contributed by atoms with Crippen LogP contribution in [0.4, 0.5) is 5.69 Å². The van der Waals surface area contributed by atoms with Crippen LogP contribution in [0.5, 0.6) is 0 Å². The van der Waals surface area contributed by atoms with Crippen LogP contribution in [-0.2, 0) is 4.79 Å². The Morgan fingerprint density at radius 2 is 1.79 bits per heavy atom. The molecule has 2 amide bonds. The van der Waals surface area contributed by atoms with Crippen LogP contribution >= 0.6 is 15.9 Å². The summed E-state index contributed by atoms with van der Waals surface area (Å²) in [5.41, 5.74) is 5.00. The van der Waals surface area contributed by atoms with Crippen LogP contribution in [0.15, 0.2) is 53.0 Å². The van der Waals surface area contributed by atoms with E-state index in [1.54, 1.807) is 12.1 Å². The maximum atomic E-state index is 12.7. The first kappa shape index (κ1) is 20.8. The number of aromatic nitrogens is 2. The number of nitrogens with zero attached hydrogens (tertiary/aromatic N) is 2. The second kappa shape index (κ2) is 8.61. The molecule has 0 saturated carbocycles. The van der Waals surface area contributed by atoms with Gasteiger partial charge < -0.3 is 10.6 Å². The smallest absolute Gasteiger partial charge is 0.251 e. The van der Waals surface area contributed by atoms with Gasteiger partial charge in [-0.25, -0.2) is 4.68 Å². The molecule has 2 N–H and O–H groups in total. The lowest BCUT2D eigenvalue weighted by molar-refractivity contribution is -0.114. The average Bonchev–Trinajstić information content (AvgIpc) is 2.95. The van der Waals surface area contributed by atoms with Crippen molar-refractivity contribution in [3.8, 4) is 5.69 Å². The molecule has 1 aromatic heterocycles. The first-order valence-corrected chi connectivity index (χ1v) is 10.1. The molecule has 3 rings (SSSR count). The van der Waals surface area contributed by atoms with Crippen LogP contribution in [0.2, 0.25) is 0 Å². The predicted molar refractivity (Wildman–Crippen MR) is 117 cm³/mol. The molecule has 0 aliphatic rings. The van der Waals surface area contributed by atoms with Gasteiger partial charge in [0.1, 0.15) is 0 Å². The molecule has 1 heterocycles. The highest BCUT2D eigenvalue weighted by Gasteiger charge is 2.14. The molecule has 2 aromatic carbocycles. The van der Waals surface area contributed by atoms with Gasteiger partial charge in [0.15, 0.2) is 0 Å². The van der Waals surface area contributed by atoms with Crippen LogP contribution in [0, 0.1) is 13.8 Å². The summed E-state index contributed by atoms with van der Waals surface area (Å²) in [6.07, 6.45) is 0. The van der Waals surface area contributed by atoms with Crippen LogP contribution in [-0.4, -0.2) is 21.6 Å². The van der Waals surface area contributed by atoms with Crippen molar-refractivity contribution in [3.05, 3.63) is 75.5 Å². The monoisotopic (exact) mass is 454 g/mol. The third kappa shape index (κ3) is 4.74. The van der Waals surface area contributed by atoms with Crippen molar-refractivity contribution in [2.45, 2.75) is 33.7 Å². The summed E-state index contributed by atoms with van der Waals surface area (Å²) in [7, 11) is 0. The number of amides is 2. The van der Waals surface area contributed by atoms with Gasteiger partial charge in [0.25, 0.3) is 5.91 Å². The molecule has 1 atom stereocenters. The number of hydrogen-bond acceptors (Lipinski definition) is 3. The minimum atomic E-state index is -0.206. The Kier molecular flexibility index (Phi) is 6.17. The Bertz CT molecular complexity index is 1060. The molecule has 7 heteroatoms. The molecule has 0 radical (unpaired) electrons. The second-order valence-corrected chi connectivity index (χ2v) is 7.74. The molecule has 0 spiro atoms. The predicted octanol–water partition coefficient (Wildman–Crippen LogP) is 4.70. The second-order valence-electron chi connectivity index (χ2n) is 6.95. The average molecular weight is 455 g/mol. The Balaban J connectivity index is 1.72. The van der Waals surface area contributed by atoms with Crippen molar-refractivity contribution >= 4 is 33.4 Å². The number of carbonyl (C=O) groups excluding carboxylic acids is 2. The fraction of sp³-hybridized carbons (Fsp3) is 0.227. The van der Waals surface area contributed by atoms with Crippen molar-refractivity contribution in [1.29, 1.82) is 0 Å². The Morgan fingerprint density at radius 3 is 2.38 bits per heavy atom. The number of benzene rings is 2. The van der Waals surface area contributed by atoms with Gasteiger partial charge in [-0.3, -0.25) is 9.59 Å². The maximum absolute atomic E-state index is 12.7. The number of rotatable bonds is 5. The number of hydrogen-bond donors (Lipinski definition) is 2. The van der Waals surface area contributed by atoms with Gasteiger partial charge in [-0.15, -0.1) is 0 Å². The van der Waals surface area contributed by atoms with Gasteiger partial charge in [0.2, 0.25) is 5.91 Å². The van der Waals surface area contributed by atoms with E-state index in [1.807, 2.05) is 61.9 Å². The fourth-order valence-corrected chi connectivity index (χ4v) is 3.33. The zero-order valence-corrected chi connectivity index (χ0v) is 18.4. The first-order valence-electron chi connectivity index (χ1n) is 9.27. The lowest BCUT2D eigenvalue weighted by Crippen LogP contribution is -2.26. The lowest BCUT2D eigenvalue weighted by atomic mass is 10.1. The molecule has 150 valence electrons. The van der Waals surface area contributed by atoms with E-state index in [0.29, 0.717) is 11.3 Å². The number of aryl methyl sites for hydroxylation is 1. The molecule has 29 heavy (non-hydrogen) atoms. The summed E-state index contributed by atoms with van der Waals surface area (Å²) in [5.74, 6) is -0.294. The van der Waals surface area contributed by atoms with Crippen molar-refractivity contribution in [1.82, 2.24) is 15.1 Å². The SMILES string of the molecule is CC(=O)Nc1cccc(C(C)NC(=O)c2ccc(-n3nc(C)c(Br)c3C)cc2)c1. The summed E-state index contributed by atoms with van der Waals surface area (Å²) in [6, 6.07) is 14.6. The van der Waals surface area contributed by atoms with Crippen LogP contribution in [0.1, 0.15) is 47.2 Å². The van der Waals surface area contributed by atoms with E-state index in [0.717, 1.165) is 27.1 Å². The molecule has 6 nitrogen and oxygen atoms in total. The van der Waals surface area contributed by atoms with Gasteiger partial charge in [0, 0.05) is 18.2 Å². The largest absolute Gasteiger partial charge is 0.346 e. The minimum absolute atomic E-state index is 0.131. The number of anilines is 1. The molecular formula is C22H23BrN4O2. The highest BCUT2D eigenvalue weighted by atomic mass is 79.9. The minimum Gasteiger partial charge on any atom is -0.346 e. The van der Waals surface area contributed by atoms with Crippen LogP contribution in [0.3, 0.4) is 0 Å². The molecule has 0 aliphatic carbocycles. The lowest BCUT2D eigenvalue weighted by Gasteiger charge is -2.16. The van der Waals surface area contributed by atoms with Gasteiger partial charge in [0.05, 0.1) is 27.6 Å². The quantitative estimate of drug-likeness (QED) is 0.586. The molecular weight excluding hydrogens is 432 g/mol. The highest BCUT2D eigenvalue weighted by molar-refractivity contribution is 9.10. The third-order valence-corrected chi connectivity index (χ3v) is 5.78. The van der Waals surface area contributed by atoms with Crippen LogP contribution < -0.4 is 10.6 Å². The summed E-state index contributed by atoms with van der Waals surface area (Å²) in [4.78, 5) is 23.9. The maximum Gasteiger partial charge on any atom is 0.251 e. The summed E-state index contributed by atoms with van der Waals surface area (Å²) >= 11 is 3.53. The van der Waals surface area contributed by atoms with E-state index in [2.05, 4.69) is 31.7 Å². The molecule has 0 fully saturated rings. The van der Waals surface area contributed by atoms with Crippen molar-refractivity contribution < 1.29 is 9.59 Å². The fourth-order valence-electron chi connectivity index (χ4n) is 3.08. The molecule has 1 unspecified atom stereocenters. The Hall–Kier alpha value is -2.93.